The molecule has 4 rings (SSSR count). The van der Waals surface area contributed by atoms with Gasteiger partial charge in [0.2, 0.25) is 21.8 Å². The third kappa shape index (κ3) is 8.57. The Morgan fingerprint density at radius 2 is 1.54 bits per heavy atom. The van der Waals surface area contributed by atoms with Crippen LogP contribution in [0.3, 0.4) is 0 Å². The molecule has 2 amide bonds. The molecule has 1 N–H and O–H groups in total. The Labute approximate surface area is 248 Å². The second-order valence-corrected chi connectivity index (χ2v) is 13.1. The van der Waals surface area contributed by atoms with E-state index in [-0.39, 0.29) is 29.2 Å². The number of hydrogen-bond acceptors (Lipinski definition) is 4. The molecule has 1 aliphatic carbocycles. The molecule has 1 unspecified atom stereocenters. The van der Waals surface area contributed by atoms with E-state index in [1.165, 1.54) is 4.90 Å². The van der Waals surface area contributed by atoms with Gasteiger partial charge < -0.3 is 10.2 Å². The summed E-state index contributed by atoms with van der Waals surface area (Å²) in [6.07, 6.45) is 6.42. The predicted molar refractivity (Wildman–Crippen MR) is 164 cm³/mol. The fraction of sp³-hybridized carbons (Fsp3) is 0.375. The van der Waals surface area contributed by atoms with Gasteiger partial charge in [0.1, 0.15) is 12.6 Å². The number of halogens is 1. The van der Waals surface area contributed by atoms with Crippen LogP contribution < -0.4 is 9.62 Å². The number of amides is 2. The van der Waals surface area contributed by atoms with Gasteiger partial charge in [-0.05, 0) is 43.0 Å². The maximum absolute atomic E-state index is 14.2. The van der Waals surface area contributed by atoms with Gasteiger partial charge in [-0.25, -0.2) is 8.42 Å². The number of aryl methyl sites for hydroxylation is 1. The SMILES string of the molecule is Cc1ccc(CN(C(=O)CN(c2ccccc2Cl)S(C)(=O)=O)C(Cc2ccccc2)C(=O)NC2CCCCC2)cc1. The fourth-order valence-corrected chi connectivity index (χ4v) is 6.39. The summed E-state index contributed by atoms with van der Waals surface area (Å²) in [7, 11) is -3.87. The van der Waals surface area contributed by atoms with Crippen LogP contribution in [0.5, 0.6) is 0 Å². The first-order valence-electron chi connectivity index (χ1n) is 14.0. The summed E-state index contributed by atoms with van der Waals surface area (Å²) in [4.78, 5) is 29.7. The minimum Gasteiger partial charge on any atom is -0.352 e. The van der Waals surface area contributed by atoms with Crippen molar-refractivity contribution in [1.29, 1.82) is 0 Å². The highest BCUT2D eigenvalue weighted by Crippen LogP contribution is 2.28. The van der Waals surface area contributed by atoms with Crippen LogP contribution in [-0.4, -0.2) is 50.0 Å². The molecule has 0 aliphatic heterocycles. The Balaban J connectivity index is 1.72. The van der Waals surface area contributed by atoms with Gasteiger partial charge in [0.15, 0.2) is 0 Å². The van der Waals surface area contributed by atoms with Crippen LogP contribution in [0.1, 0.15) is 48.8 Å². The minimum absolute atomic E-state index is 0.0569. The van der Waals surface area contributed by atoms with E-state index in [1.54, 1.807) is 24.3 Å². The zero-order chi connectivity index (χ0) is 29.4. The molecule has 0 aromatic heterocycles. The molecule has 7 nitrogen and oxygen atoms in total. The van der Waals surface area contributed by atoms with Crippen molar-refractivity contribution in [3.63, 3.8) is 0 Å². The summed E-state index contributed by atoms with van der Waals surface area (Å²) >= 11 is 6.37. The minimum atomic E-state index is -3.87. The number of carbonyl (C=O) groups is 2. The summed E-state index contributed by atoms with van der Waals surface area (Å²) in [6.45, 7) is 1.64. The maximum atomic E-state index is 14.2. The lowest BCUT2D eigenvalue weighted by atomic mass is 9.94. The molecule has 1 aliphatic rings. The summed E-state index contributed by atoms with van der Waals surface area (Å²) in [6, 6.07) is 23.1. The molecule has 218 valence electrons. The van der Waals surface area contributed by atoms with E-state index < -0.39 is 28.5 Å². The van der Waals surface area contributed by atoms with Crippen molar-refractivity contribution in [3.8, 4) is 0 Å². The van der Waals surface area contributed by atoms with Crippen molar-refractivity contribution >= 4 is 39.1 Å². The quantitative estimate of drug-likeness (QED) is 0.317. The van der Waals surface area contributed by atoms with Crippen molar-refractivity contribution < 1.29 is 18.0 Å². The van der Waals surface area contributed by atoms with Crippen molar-refractivity contribution in [2.24, 2.45) is 0 Å². The number of benzene rings is 3. The summed E-state index contributed by atoms with van der Waals surface area (Å²) in [5.41, 5.74) is 3.04. The average molecular weight is 596 g/mol. The molecule has 9 heteroatoms. The Morgan fingerprint density at radius 1 is 0.902 bits per heavy atom. The maximum Gasteiger partial charge on any atom is 0.244 e. The van der Waals surface area contributed by atoms with Gasteiger partial charge >= 0.3 is 0 Å². The molecule has 0 heterocycles. The molecule has 1 atom stereocenters. The number of nitrogens with one attached hydrogen (secondary N) is 1. The lowest BCUT2D eigenvalue weighted by Crippen LogP contribution is -2.55. The van der Waals surface area contributed by atoms with Crippen molar-refractivity contribution in [1.82, 2.24) is 10.2 Å². The zero-order valence-corrected chi connectivity index (χ0v) is 25.2. The molecule has 0 spiro atoms. The molecule has 0 bridgehead atoms. The molecule has 0 radical (unpaired) electrons. The number of anilines is 1. The third-order valence-electron chi connectivity index (χ3n) is 7.50. The number of carbonyl (C=O) groups excluding carboxylic acids is 2. The van der Waals surface area contributed by atoms with Gasteiger partial charge in [-0.2, -0.15) is 0 Å². The highest BCUT2D eigenvalue weighted by molar-refractivity contribution is 7.92. The topological polar surface area (TPSA) is 86.8 Å². The van der Waals surface area contributed by atoms with E-state index >= 15 is 0 Å². The van der Waals surface area contributed by atoms with Gasteiger partial charge in [-0.3, -0.25) is 13.9 Å². The van der Waals surface area contributed by atoms with E-state index in [9.17, 15) is 18.0 Å². The zero-order valence-electron chi connectivity index (χ0n) is 23.6. The van der Waals surface area contributed by atoms with Gasteiger partial charge in [-0.15, -0.1) is 0 Å². The van der Waals surface area contributed by atoms with Gasteiger partial charge in [0.25, 0.3) is 0 Å². The Bertz CT molecular complexity index is 1420. The second kappa shape index (κ2) is 14.0. The Kier molecular flexibility index (Phi) is 10.5. The first kappa shape index (κ1) is 30.6. The van der Waals surface area contributed by atoms with E-state index in [2.05, 4.69) is 5.32 Å². The second-order valence-electron chi connectivity index (χ2n) is 10.8. The van der Waals surface area contributed by atoms with E-state index in [4.69, 9.17) is 11.6 Å². The molecule has 1 fully saturated rings. The monoisotopic (exact) mass is 595 g/mol. The third-order valence-corrected chi connectivity index (χ3v) is 8.94. The van der Waals surface area contributed by atoms with Crippen molar-refractivity contribution in [3.05, 3.63) is 101 Å². The van der Waals surface area contributed by atoms with Crippen LogP contribution in [0.25, 0.3) is 0 Å². The first-order valence-corrected chi connectivity index (χ1v) is 16.3. The van der Waals surface area contributed by atoms with E-state index in [0.29, 0.717) is 6.42 Å². The van der Waals surface area contributed by atoms with Gasteiger partial charge in [-0.1, -0.05) is 103 Å². The number of hydrogen-bond donors (Lipinski definition) is 1. The highest BCUT2D eigenvalue weighted by Gasteiger charge is 2.34. The van der Waals surface area contributed by atoms with Crippen LogP contribution in [0.2, 0.25) is 5.02 Å². The highest BCUT2D eigenvalue weighted by atomic mass is 35.5. The summed E-state index contributed by atoms with van der Waals surface area (Å²) in [5, 5.41) is 3.42. The normalized spacial score (nSPS) is 14.7. The number of rotatable bonds is 11. The van der Waals surface area contributed by atoms with Gasteiger partial charge in [0.05, 0.1) is 17.0 Å². The summed E-state index contributed by atoms with van der Waals surface area (Å²) < 4.78 is 26.8. The van der Waals surface area contributed by atoms with Crippen LogP contribution in [0, 0.1) is 6.92 Å². The van der Waals surface area contributed by atoms with Crippen LogP contribution in [0.4, 0.5) is 5.69 Å². The molecule has 3 aromatic rings. The molecular formula is C32H38ClN3O4S. The standard InChI is InChI=1S/C32H38ClN3O4S/c1-24-17-19-26(20-18-24)22-35(31(37)23-36(41(2,39)40)29-16-10-9-15-28(29)33)30(21-25-11-5-3-6-12-25)32(38)34-27-13-7-4-8-14-27/h3,5-6,9-12,15-20,27,30H,4,7-8,13-14,21-23H2,1-2H3,(H,34,38). The van der Waals surface area contributed by atoms with Crippen LogP contribution in [-0.2, 0) is 32.6 Å². The van der Waals surface area contributed by atoms with Crippen molar-refractivity contribution in [2.75, 3.05) is 17.1 Å². The molecular weight excluding hydrogens is 558 g/mol. The van der Waals surface area contributed by atoms with Crippen LogP contribution in [0.15, 0.2) is 78.9 Å². The largest absolute Gasteiger partial charge is 0.352 e. The molecule has 0 saturated heterocycles. The molecule has 3 aromatic carbocycles. The summed E-state index contributed by atoms with van der Waals surface area (Å²) in [5.74, 6) is -0.722. The molecule has 41 heavy (non-hydrogen) atoms. The van der Waals surface area contributed by atoms with Gasteiger partial charge in [0, 0.05) is 19.0 Å². The average Bonchev–Trinajstić information content (AvgIpc) is 2.95. The number of nitrogens with zero attached hydrogens (tertiary/aromatic N) is 2. The predicted octanol–water partition coefficient (Wildman–Crippen LogP) is 5.50. The number of sulfonamides is 1. The number of para-hydroxylation sites is 1. The van der Waals surface area contributed by atoms with E-state index in [1.807, 2.05) is 61.5 Å². The van der Waals surface area contributed by atoms with Crippen molar-refractivity contribution in [2.45, 2.75) is 64.1 Å². The molecule has 1 saturated carbocycles. The Morgan fingerprint density at radius 3 is 2.17 bits per heavy atom. The smallest absolute Gasteiger partial charge is 0.244 e. The lowest BCUT2D eigenvalue weighted by molar-refractivity contribution is -0.140. The van der Waals surface area contributed by atoms with Crippen LogP contribution >= 0.6 is 11.6 Å². The lowest BCUT2D eigenvalue weighted by Gasteiger charge is -2.35. The van der Waals surface area contributed by atoms with E-state index in [0.717, 1.165) is 59.4 Å². The Hall–Kier alpha value is -3.36. The first-order chi connectivity index (χ1) is 19.6. The fourth-order valence-electron chi connectivity index (χ4n) is 5.24.